The van der Waals surface area contributed by atoms with Gasteiger partial charge in [0.25, 0.3) is 0 Å². The zero-order valence-corrected chi connectivity index (χ0v) is 11.2. The van der Waals surface area contributed by atoms with Crippen molar-refractivity contribution in [2.45, 2.75) is 32.4 Å². The molecule has 2 atom stereocenters. The van der Waals surface area contributed by atoms with Gasteiger partial charge in [-0.25, -0.2) is 0 Å². The van der Waals surface area contributed by atoms with E-state index in [2.05, 4.69) is 27.2 Å². The molecule has 0 aromatic carbocycles. The van der Waals surface area contributed by atoms with Gasteiger partial charge in [0.1, 0.15) is 0 Å². The Labute approximate surface area is 112 Å². The van der Waals surface area contributed by atoms with E-state index < -0.39 is 0 Å². The Morgan fingerprint density at radius 2 is 2.47 bits per heavy atom. The van der Waals surface area contributed by atoms with Crippen molar-refractivity contribution in [3.63, 3.8) is 0 Å². The van der Waals surface area contributed by atoms with E-state index in [-0.39, 0.29) is 18.0 Å². The van der Waals surface area contributed by atoms with Crippen LogP contribution in [0.4, 0.5) is 5.82 Å². The second-order valence-corrected chi connectivity index (χ2v) is 4.61. The fraction of sp³-hybridized carbons (Fsp3) is 0.583. The van der Waals surface area contributed by atoms with Gasteiger partial charge in [0.2, 0.25) is 0 Å². The second-order valence-electron chi connectivity index (χ2n) is 4.61. The van der Waals surface area contributed by atoms with Gasteiger partial charge in [0.05, 0.1) is 30.5 Å². The van der Waals surface area contributed by atoms with Gasteiger partial charge in [-0.15, -0.1) is 5.10 Å². The highest BCUT2D eigenvalue weighted by molar-refractivity contribution is 6.01. The number of anilines is 1. The average molecular weight is 265 g/mol. The first-order valence-corrected chi connectivity index (χ1v) is 6.35. The molecule has 1 aliphatic rings. The first-order chi connectivity index (χ1) is 9.17. The predicted octanol–water partition coefficient (Wildman–Crippen LogP) is 0.575. The van der Waals surface area contributed by atoms with Crippen molar-refractivity contribution in [1.82, 2.24) is 10.2 Å². The Morgan fingerprint density at radius 1 is 1.68 bits per heavy atom. The van der Waals surface area contributed by atoms with Gasteiger partial charge in [-0.1, -0.05) is 12.1 Å². The van der Waals surface area contributed by atoms with Crippen LogP contribution < -0.4 is 10.6 Å². The summed E-state index contributed by atoms with van der Waals surface area (Å²) >= 11 is 0. The number of rotatable bonds is 3. The van der Waals surface area contributed by atoms with E-state index in [4.69, 9.17) is 15.7 Å². The summed E-state index contributed by atoms with van der Waals surface area (Å²) in [4.78, 5) is 2.12. The van der Waals surface area contributed by atoms with Gasteiger partial charge in [0.15, 0.2) is 11.7 Å². The maximum absolute atomic E-state index is 8.86. The molecule has 0 aliphatic carbocycles. The van der Waals surface area contributed by atoms with Crippen LogP contribution in [-0.4, -0.2) is 46.5 Å². The third kappa shape index (κ3) is 2.76. The molecule has 1 saturated heterocycles. The highest BCUT2D eigenvalue weighted by Gasteiger charge is 2.29. The molecule has 2 unspecified atom stereocenters. The first kappa shape index (κ1) is 13.5. The van der Waals surface area contributed by atoms with Gasteiger partial charge < -0.3 is 20.6 Å². The highest BCUT2D eigenvalue weighted by Crippen LogP contribution is 2.24. The van der Waals surface area contributed by atoms with E-state index in [9.17, 15) is 0 Å². The SMILES string of the molecule is CCC1COC(C)CN1c1nnccc1/C(N)=N/O. The Hall–Kier alpha value is -1.89. The molecule has 3 N–H and O–H groups in total. The monoisotopic (exact) mass is 265 g/mol. The zero-order chi connectivity index (χ0) is 13.8. The van der Waals surface area contributed by atoms with Gasteiger partial charge in [0, 0.05) is 6.54 Å². The minimum atomic E-state index is 0.0406. The highest BCUT2D eigenvalue weighted by atomic mass is 16.5. The van der Waals surface area contributed by atoms with Crippen LogP contribution in [0.5, 0.6) is 0 Å². The van der Waals surface area contributed by atoms with Gasteiger partial charge in [-0.3, -0.25) is 0 Å². The molecule has 2 rings (SSSR count). The molecule has 1 fully saturated rings. The van der Waals surface area contributed by atoms with Crippen molar-refractivity contribution in [3.8, 4) is 0 Å². The molecule has 7 nitrogen and oxygen atoms in total. The van der Waals surface area contributed by atoms with E-state index in [0.29, 0.717) is 24.5 Å². The van der Waals surface area contributed by atoms with Crippen molar-refractivity contribution in [1.29, 1.82) is 0 Å². The zero-order valence-electron chi connectivity index (χ0n) is 11.2. The lowest BCUT2D eigenvalue weighted by atomic mass is 10.1. The third-order valence-corrected chi connectivity index (χ3v) is 3.30. The Balaban J connectivity index is 2.38. The number of hydrogen-bond donors (Lipinski definition) is 2. The van der Waals surface area contributed by atoms with Crippen LogP contribution >= 0.6 is 0 Å². The van der Waals surface area contributed by atoms with Crippen LogP contribution in [-0.2, 0) is 4.74 Å². The van der Waals surface area contributed by atoms with Crippen molar-refractivity contribution >= 4 is 11.7 Å². The van der Waals surface area contributed by atoms with Crippen LogP contribution in [0.2, 0.25) is 0 Å². The van der Waals surface area contributed by atoms with Crippen LogP contribution in [0, 0.1) is 0 Å². The molecule has 1 aromatic rings. The van der Waals surface area contributed by atoms with Crippen LogP contribution in [0.3, 0.4) is 0 Å². The van der Waals surface area contributed by atoms with Crippen molar-refractivity contribution in [3.05, 3.63) is 17.8 Å². The van der Waals surface area contributed by atoms with Crippen LogP contribution in [0.15, 0.2) is 17.4 Å². The Kier molecular flexibility index (Phi) is 4.16. The van der Waals surface area contributed by atoms with Crippen molar-refractivity contribution < 1.29 is 9.94 Å². The molecule has 0 saturated carbocycles. The maximum atomic E-state index is 8.86. The molecule has 1 aromatic heterocycles. The topological polar surface area (TPSA) is 96.9 Å². The molecule has 2 heterocycles. The summed E-state index contributed by atoms with van der Waals surface area (Å²) < 4.78 is 5.66. The average Bonchev–Trinajstić information content (AvgIpc) is 2.46. The Bertz CT molecular complexity index is 465. The summed E-state index contributed by atoms with van der Waals surface area (Å²) in [5.74, 6) is 0.679. The van der Waals surface area contributed by atoms with Crippen molar-refractivity contribution in [2.75, 3.05) is 18.1 Å². The number of nitrogens with zero attached hydrogens (tertiary/aromatic N) is 4. The standard InChI is InChI=1S/C12H19N5O2/c1-3-9-7-19-8(2)6-17(9)12-10(11(13)16-18)4-5-14-15-12/h4-5,8-9,18H,3,6-7H2,1-2H3,(H2,13,16). The molecule has 0 bridgehead atoms. The minimum absolute atomic E-state index is 0.0406. The first-order valence-electron chi connectivity index (χ1n) is 6.35. The fourth-order valence-electron chi connectivity index (χ4n) is 2.23. The molecular formula is C12H19N5O2. The summed E-state index contributed by atoms with van der Waals surface area (Å²) in [7, 11) is 0. The minimum Gasteiger partial charge on any atom is -0.409 e. The van der Waals surface area contributed by atoms with Crippen LogP contribution in [0.25, 0.3) is 0 Å². The van der Waals surface area contributed by atoms with E-state index in [1.54, 1.807) is 6.07 Å². The summed E-state index contributed by atoms with van der Waals surface area (Å²) in [6.07, 6.45) is 2.57. The lowest BCUT2D eigenvalue weighted by molar-refractivity contribution is 0.0295. The molecule has 0 radical (unpaired) electrons. The molecule has 7 heteroatoms. The number of aromatic nitrogens is 2. The molecule has 1 aliphatic heterocycles. The predicted molar refractivity (Wildman–Crippen MR) is 71.4 cm³/mol. The number of amidine groups is 1. The largest absolute Gasteiger partial charge is 0.409 e. The normalized spacial score (nSPS) is 24.5. The summed E-state index contributed by atoms with van der Waals surface area (Å²) in [5.41, 5.74) is 6.29. The summed E-state index contributed by atoms with van der Waals surface area (Å²) in [5, 5.41) is 20.0. The number of morpholine rings is 1. The molecule has 0 spiro atoms. The lowest BCUT2D eigenvalue weighted by Crippen LogP contribution is -2.49. The van der Waals surface area contributed by atoms with Gasteiger partial charge in [-0.2, -0.15) is 5.10 Å². The van der Waals surface area contributed by atoms with Crippen molar-refractivity contribution in [2.24, 2.45) is 10.9 Å². The number of ether oxygens (including phenoxy) is 1. The van der Waals surface area contributed by atoms with E-state index >= 15 is 0 Å². The molecule has 104 valence electrons. The Morgan fingerprint density at radius 3 is 3.16 bits per heavy atom. The van der Waals surface area contributed by atoms with Gasteiger partial charge >= 0.3 is 0 Å². The lowest BCUT2D eigenvalue weighted by Gasteiger charge is -2.39. The second kappa shape index (κ2) is 5.83. The number of hydrogen-bond acceptors (Lipinski definition) is 6. The van der Waals surface area contributed by atoms with Crippen LogP contribution in [0.1, 0.15) is 25.8 Å². The summed E-state index contributed by atoms with van der Waals surface area (Å²) in [6.45, 7) is 5.46. The maximum Gasteiger partial charge on any atom is 0.173 e. The van der Waals surface area contributed by atoms with Gasteiger partial charge in [-0.05, 0) is 19.4 Å². The molecule has 0 amide bonds. The van der Waals surface area contributed by atoms with E-state index in [0.717, 1.165) is 6.42 Å². The molecule has 19 heavy (non-hydrogen) atoms. The van der Waals surface area contributed by atoms with E-state index in [1.165, 1.54) is 6.20 Å². The smallest absolute Gasteiger partial charge is 0.173 e. The van der Waals surface area contributed by atoms with E-state index in [1.807, 2.05) is 6.92 Å². The fourth-order valence-corrected chi connectivity index (χ4v) is 2.23. The third-order valence-electron chi connectivity index (χ3n) is 3.30. The number of oxime groups is 1. The number of nitrogens with two attached hydrogens (primary N) is 1. The summed E-state index contributed by atoms with van der Waals surface area (Å²) in [6, 6.07) is 1.92. The molecular weight excluding hydrogens is 246 g/mol. The quantitative estimate of drug-likeness (QED) is 0.359.